The van der Waals surface area contributed by atoms with E-state index in [1.807, 2.05) is 18.2 Å². The Labute approximate surface area is 121 Å². The lowest BCUT2D eigenvalue weighted by Crippen LogP contribution is -2.49. The zero-order chi connectivity index (χ0) is 14.4. The molecule has 20 heavy (non-hydrogen) atoms. The highest BCUT2D eigenvalue weighted by molar-refractivity contribution is 5.66. The quantitative estimate of drug-likeness (QED) is 0.765. The van der Waals surface area contributed by atoms with E-state index in [9.17, 15) is 4.79 Å². The van der Waals surface area contributed by atoms with Crippen molar-refractivity contribution >= 4 is 5.97 Å². The summed E-state index contributed by atoms with van der Waals surface area (Å²) in [6.45, 7) is 2.24. The second-order valence-electron chi connectivity index (χ2n) is 5.84. The summed E-state index contributed by atoms with van der Waals surface area (Å²) >= 11 is 0. The highest BCUT2D eigenvalue weighted by Gasteiger charge is 2.30. The second kappa shape index (κ2) is 7.44. The van der Waals surface area contributed by atoms with E-state index in [0.717, 1.165) is 12.3 Å². The van der Waals surface area contributed by atoms with Crippen LogP contribution in [0.1, 0.15) is 44.6 Å². The monoisotopic (exact) mass is 275 g/mol. The predicted molar refractivity (Wildman–Crippen MR) is 80.7 cm³/mol. The van der Waals surface area contributed by atoms with E-state index in [2.05, 4.69) is 24.4 Å². The van der Waals surface area contributed by atoms with E-state index in [1.165, 1.54) is 24.8 Å². The summed E-state index contributed by atoms with van der Waals surface area (Å²) < 4.78 is 0. The Morgan fingerprint density at radius 1 is 1.35 bits per heavy atom. The van der Waals surface area contributed by atoms with Gasteiger partial charge in [0.05, 0.1) is 0 Å². The number of rotatable bonds is 8. The first kappa shape index (κ1) is 15.0. The Bertz CT molecular complexity index is 416. The number of carbonyl (C=O) groups is 1. The van der Waals surface area contributed by atoms with Crippen molar-refractivity contribution in [1.82, 2.24) is 5.32 Å². The third kappa shape index (κ3) is 4.34. The summed E-state index contributed by atoms with van der Waals surface area (Å²) in [5.41, 5.74) is 1.28. The normalized spacial score (nSPS) is 23.1. The molecule has 3 heteroatoms. The highest BCUT2D eigenvalue weighted by atomic mass is 16.4. The van der Waals surface area contributed by atoms with Crippen LogP contribution >= 0.6 is 0 Å². The van der Waals surface area contributed by atoms with Crippen molar-refractivity contribution in [1.29, 1.82) is 0 Å². The van der Waals surface area contributed by atoms with Crippen molar-refractivity contribution in [2.75, 3.05) is 0 Å². The van der Waals surface area contributed by atoms with Gasteiger partial charge in [-0.15, -0.1) is 0 Å². The van der Waals surface area contributed by atoms with Gasteiger partial charge in [-0.25, -0.2) is 0 Å². The first-order valence-corrected chi connectivity index (χ1v) is 7.70. The molecular formula is C17H25NO2. The molecule has 0 heterocycles. The molecule has 1 aromatic rings. The van der Waals surface area contributed by atoms with Gasteiger partial charge in [-0.05, 0) is 37.2 Å². The molecule has 1 fully saturated rings. The van der Waals surface area contributed by atoms with Crippen LogP contribution in [0, 0.1) is 5.92 Å². The molecule has 0 aliphatic heterocycles. The molecular weight excluding hydrogens is 250 g/mol. The largest absolute Gasteiger partial charge is 0.481 e. The molecule has 3 atom stereocenters. The van der Waals surface area contributed by atoms with Gasteiger partial charge in [0.2, 0.25) is 0 Å². The SMILES string of the molecule is CCC1CCC1NC(CCC(=O)O)Cc1ccccc1. The van der Waals surface area contributed by atoms with Crippen molar-refractivity contribution in [3.63, 3.8) is 0 Å². The summed E-state index contributed by atoms with van der Waals surface area (Å²) in [5.74, 6) is 0.0728. The Morgan fingerprint density at radius 2 is 2.10 bits per heavy atom. The van der Waals surface area contributed by atoms with E-state index in [1.54, 1.807) is 0 Å². The van der Waals surface area contributed by atoms with Gasteiger partial charge in [0.1, 0.15) is 0 Å². The smallest absolute Gasteiger partial charge is 0.303 e. The number of hydrogen-bond acceptors (Lipinski definition) is 2. The van der Waals surface area contributed by atoms with Crippen LogP contribution in [0.15, 0.2) is 30.3 Å². The van der Waals surface area contributed by atoms with E-state index in [-0.39, 0.29) is 12.5 Å². The summed E-state index contributed by atoms with van der Waals surface area (Å²) in [4.78, 5) is 10.8. The molecule has 0 aromatic heterocycles. The molecule has 1 aliphatic rings. The fraction of sp³-hybridized carbons (Fsp3) is 0.588. The first-order valence-electron chi connectivity index (χ1n) is 7.70. The van der Waals surface area contributed by atoms with Gasteiger partial charge < -0.3 is 10.4 Å². The molecule has 0 radical (unpaired) electrons. The van der Waals surface area contributed by atoms with Crippen molar-refractivity contribution in [3.8, 4) is 0 Å². The van der Waals surface area contributed by atoms with E-state index >= 15 is 0 Å². The highest BCUT2D eigenvalue weighted by Crippen LogP contribution is 2.30. The van der Waals surface area contributed by atoms with Crippen LogP contribution in [-0.2, 0) is 11.2 Å². The predicted octanol–water partition coefficient (Wildman–Crippen LogP) is 3.24. The molecule has 1 aliphatic carbocycles. The van der Waals surface area contributed by atoms with Crippen LogP contribution in [0.5, 0.6) is 0 Å². The van der Waals surface area contributed by atoms with Gasteiger partial charge in [0.15, 0.2) is 0 Å². The van der Waals surface area contributed by atoms with Crippen molar-refractivity contribution in [3.05, 3.63) is 35.9 Å². The van der Waals surface area contributed by atoms with Gasteiger partial charge in [-0.2, -0.15) is 0 Å². The van der Waals surface area contributed by atoms with Gasteiger partial charge in [-0.1, -0.05) is 43.7 Å². The van der Waals surface area contributed by atoms with E-state index < -0.39 is 5.97 Å². The van der Waals surface area contributed by atoms with Crippen LogP contribution in [0.25, 0.3) is 0 Å². The Balaban J connectivity index is 1.91. The number of carboxylic acids is 1. The van der Waals surface area contributed by atoms with Gasteiger partial charge >= 0.3 is 5.97 Å². The van der Waals surface area contributed by atoms with Crippen molar-refractivity contribution in [2.24, 2.45) is 5.92 Å². The number of aliphatic carboxylic acids is 1. The minimum absolute atomic E-state index is 0.244. The lowest BCUT2D eigenvalue weighted by atomic mass is 9.77. The summed E-state index contributed by atoms with van der Waals surface area (Å²) in [6.07, 6.45) is 5.63. The van der Waals surface area contributed by atoms with Gasteiger partial charge in [0.25, 0.3) is 0 Å². The number of benzene rings is 1. The first-order chi connectivity index (χ1) is 9.69. The van der Waals surface area contributed by atoms with Crippen LogP contribution in [0.3, 0.4) is 0 Å². The summed E-state index contributed by atoms with van der Waals surface area (Å²) in [6, 6.07) is 11.2. The number of nitrogens with one attached hydrogen (secondary N) is 1. The van der Waals surface area contributed by atoms with Crippen LogP contribution < -0.4 is 5.32 Å². The minimum atomic E-state index is -0.703. The minimum Gasteiger partial charge on any atom is -0.481 e. The maximum absolute atomic E-state index is 10.8. The van der Waals surface area contributed by atoms with Crippen molar-refractivity contribution < 1.29 is 9.90 Å². The topological polar surface area (TPSA) is 49.3 Å². The molecule has 1 saturated carbocycles. The van der Waals surface area contributed by atoms with E-state index in [4.69, 9.17) is 5.11 Å². The average Bonchev–Trinajstić information content (AvgIpc) is 2.42. The van der Waals surface area contributed by atoms with Crippen LogP contribution in [0.4, 0.5) is 0 Å². The van der Waals surface area contributed by atoms with Crippen LogP contribution in [-0.4, -0.2) is 23.2 Å². The lowest BCUT2D eigenvalue weighted by Gasteiger charge is -2.39. The molecule has 0 bridgehead atoms. The molecule has 110 valence electrons. The number of hydrogen-bond donors (Lipinski definition) is 2. The zero-order valence-electron chi connectivity index (χ0n) is 12.2. The molecule has 0 saturated heterocycles. The molecule has 0 amide bonds. The number of carboxylic acid groups (broad SMARTS) is 1. The summed E-state index contributed by atoms with van der Waals surface area (Å²) in [7, 11) is 0. The van der Waals surface area contributed by atoms with Crippen molar-refractivity contribution in [2.45, 2.75) is 57.5 Å². The molecule has 2 N–H and O–H groups in total. The molecule has 0 spiro atoms. The maximum atomic E-state index is 10.8. The van der Waals surface area contributed by atoms with Gasteiger partial charge in [-0.3, -0.25) is 4.79 Å². The Hall–Kier alpha value is -1.35. The molecule has 2 rings (SSSR count). The second-order valence-corrected chi connectivity index (χ2v) is 5.84. The fourth-order valence-corrected chi connectivity index (χ4v) is 3.02. The fourth-order valence-electron chi connectivity index (χ4n) is 3.02. The van der Waals surface area contributed by atoms with Gasteiger partial charge in [0, 0.05) is 18.5 Å². The zero-order valence-corrected chi connectivity index (χ0v) is 12.2. The van der Waals surface area contributed by atoms with Crippen LogP contribution in [0.2, 0.25) is 0 Å². The third-order valence-corrected chi connectivity index (χ3v) is 4.42. The molecule has 3 nitrogen and oxygen atoms in total. The van der Waals surface area contributed by atoms with E-state index in [0.29, 0.717) is 12.5 Å². The lowest BCUT2D eigenvalue weighted by molar-refractivity contribution is -0.137. The maximum Gasteiger partial charge on any atom is 0.303 e. The standard InChI is InChI=1S/C17H25NO2/c1-2-14-8-10-16(14)18-15(9-11-17(19)20)12-13-6-4-3-5-7-13/h3-7,14-16,18H,2,8-12H2,1H3,(H,19,20). The third-order valence-electron chi connectivity index (χ3n) is 4.42. The average molecular weight is 275 g/mol. The summed E-state index contributed by atoms with van der Waals surface area (Å²) in [5, 5.41) is 12.6. The molecule has 1 aromatic carbocycles. The molecule has 3 unspecified atom stereocenters. The Morgan fingerprint density at radius 3 is 2.65 bits per heavy atom. The Kier molecular flexibility index (Phi) is 5.60.